The van der Waals surface area contributed by atoms with E-state index in [0.29, 0.717) is 6.04 Å². The second-order valence-corrected chi connectivity index (χ2v) is 5.53. The third-order valence-electron chi connectivity index (χ3n) is 3.54. The van der Waals surface area contributed by atoms with Crippen LogP contribution in [-0.2, 0) is 0 Å². The van der Waals surface area contributed by atoms with Crippen LogP contribution < -0.4 is 5.32 Å². The van der Waals surface area contributed by atoms with Gasteiger partial charge in [-0.25, -0.2) is 0 Å². The molecule has 0 saturated heterocycles. The molecule has 2 rings (SSSR count). The van der Waals surface area contributed by atoms with Crippen molar-refractivity contribution in [2.75, 3.05) is 6.54 Å². The molecule has 1 saturated carbocycles. The van der Waals surface area contributed by atoms with E-state index in [4.69, 9.17) is 0 Å². The number of rotatable bonds is 4. The van der Waals surface area contributed by atoms with Crippen molar-refractivity contribution in [1.29, 1.82) is 0 Å². The van der Waals surface area contributed by atoms with Gasteiger partial charge in [0.2, 0.25) is 0 Å². The molecule has 1 aromatic carbocycles. The molecule has 1 aliphatic carbocycles. The smallest absolute Gasteiger partial charge is 0.00104 e. The van der Waals surface area contributed by atoms with Crippen molar-refractivity contribution in [3.63, 3.8) is 0 Å². The Morgan fingerprint density at radius 2 is 2.06 bits per heavy atom. The molecule has 2 unspecified atom stereocenters. The van der Waals surface area contributed by atoms with Gasteiger partial charge in [-0.1, -0.05) is 37.6 Å². The van der Waals surface area contributed by atoms with Crippen LogP contribution in [0.4, 0.5) is 0 Å². The molecule has 1 heteroatoms. The Kier molecular flexibility index (Phi) is 3.34. The van der Waals surface area contributed by atoms with Gasteiger partial charge in [0.05, 0.1) is 0 Å². The minimum Gasteiger partial charge on any atom is -0.314 e. The molecule has 0 radical (unpaired) electrons. The van der Waals surface area contributed by atoms with E-state index < -0.39 is 0 Å². The average molecular weight is 217 g/mol. The van der Waals surface area contributed by atoms with Gasteiger partial charge < -0.3 is 5.32 Å². The van der Waals surface area contributed by atoms with Gasteiger partial charge in [0.25, 0.3) is 0 Å². The standard InChI is InChI=1S/C15H23N/c1-10(2)16-9-13-8-15(13)14-6-5-11(3)7-12(14)4/h5-7,10,13,15-16H,8-9H2,1-4H3. The maximum Gasteiger partial charge on any atom is 0.00104 e. The second kappa shape index (κ2) is 4.58. The van der Waals surface area contributed by atoms with Crippen molar-refractivity contribution in [2.24, 2.45) is 5.92 Å². The summed E-state index contributed by atoms with van der Waals surface area (Å²) < 4.78 is 0. The fraction of sp³-hybridized carbons (Fsp3) is 0.600. The fourth-order valence-electron chi connectivity index (χ4n) is 2.48. The molecule has 0 heterocycles. The number of aryl methyl sites for hydroxylation is 2. The topological polar surface area (TPSA) is 12.0 Å². The summed E-state index contributed by atoms with van der Waals surface area (Å²) in [5, 5.41) is 3.54. The summed E-state index contributed by atoms with van der Waals surface area (Å²) in [6.07, 6.45) is 1.36. The van der Waals surface area contributed by atoms with Crippen LogP contribution in [0.15, 0.2) is 18.2 Å². The highest BCUT2D eigenvalue weighted by atomic mass is 14.9. The molecule has 2 atom stereocenters. The van der Waals surface area contributed by atoms with E-state index >= 15 is 0 Å². The minimum atomic E-state index is 0.611. The number of nitrogens with one attached hydrogen (secondary N) is 1. The predicted octanol–water partition coefficient (Wildman–Crippen LogP) is 3.40. The van der Waals surface area contributed by atoms with E-state index in [-0.39, 0.29) is 0 Å². The van der Waals surface area contributed by atoms with E-state index in [1.54, 1.807) is 5.56 Å². The first kappa shape index (κ1) is 11.7. The summed E-state index contributed by atoms with van der Waals surface area (Å²) in [5.74, 6) is 1.68. The first-order valence-electron chi connectivity index (χ1n) is 6.38. The highest BCUT2D eigenvalue weighted by molar-refractivity contribution is 5.36. The van der Waals surface area contributed by atoms with Crippen LogP contribution in [0.25, 0.3) is 0 Å². The third-order valence-corrected chi connectivity index (χ3v) is 3.54. The van der Waals surface area contributed by atoms with Crippen molar-refractivity contribution in [1.82, 2.24) is 5.32 Å². The number of benzene rings is 1. The molecule has 0 aromatic heterocycles. The summed E-state index contributed by atoms with van der Waals surface area (Å²) in [4.78, 5) is 0. The Labute approximate surface area is 99.3 Å². The minimum absolute atomic E-state index is 0.611. The van der Waals surface area contributed by atoms with Crippen molar-refractivity contribution in [2.45, 2.75) is 46.1 Å². The SMILES string of the molecule is Cc1ccc(C2CC2CNC(C)C)c(C)c1. The van der Waals surface area contributed by atoms with E-state index in [2.05, 4.69) is 51.2 Å². The molecule has 1 N–H and O–H groups in total. The summed E-state index contributed by atoms with van der Waals surface area (Å²) in [6.45, 7) is 10.0. The molecular formula is C15H23N. The predicted molar refractivity (Wildman–Crippen MR) is 69.9 cm³/mol. The lowest BCUT2D eigenvalue weighted by atomic mass is 10.0. The maximum atomic E-state index is 3.54. The Hall–Kier alpha value is -0.820. The van der Waals surface area contributed by atoms with Crippen LogP contribution in [0.3, 0.4) is 0 Å². The lowest BCUT2D eigenvalue weighted by molar-refractivity contribution is 0.554. The largest absolute Gasteiger partial charge is 0.314 e. The first-order chi connectivity index (χ1) is 7.58. The molecule has 0 aliphatic heterocycles. The van der Waals surface area contributed by atoms with Gasteiger partial charge in [-0.3, -0.25) is 0 Å². The zero-order chi connectivity index (χ0) is 11.7. The molecule has 1 aromatic rings. The lowest BCUT2D eigenvalue weighted by Crippen LogP contribution is -2.25. The van der Waals surface area contributed by atoms with Crippen LogP contribution in [0.5, 0.6) is 0 Å². The highest BCUT2D eigenvalue weighted by Crippen LogP contribution is 2.48. The number of hydrogen-bond acceptors (Lipinski definition) is 1. The Balaban J connectivity index is 1.95. The van der Waals surface area contributed by atoms with Gasteiger partial charge in [0.15, 0.2) is 0 Å². The zero-order valence-electron chi connectivity index (χ0n) is 10.9. The van der Waals surface area contributed by atoms with Gasteiger partial charge in [-0.15, -0.1) is 0 Å². The third kappa shape index (κ3) is 2.65. The first-order valence-corrected chi connectivity index (χ1v) is 6.38. The van der Waals surface area contributed by atoms with E-state index in [9.17, 15) is 0 Å². The summed E-state index contributed by atoms with van der Waals surface area (Å²) >= 11 is 0. The van der Waals surface area contributed by atoms with Crippen molar-refractivity contribution >= 4 is 0 Å². The molecule has 1 fully saturated rings. The molecule has 0 bridgehead atoms. The summed E-state index contributed by atoms with van der Waals surface area (Å²) in [6, 6.07) is 7.49. The number of hydrogen-bond donors (Lipinski definition) is 1. The van der Waals surface area contributed by atoms with Gasteiger partial charge >= 0.3 is 0 Å². The second-order valence-electron chi connectivity index (χ2n) is 5.53. The van der Waals surface area contributed by atoms with E-state index in [1.165, 1.54) is 24.1 Å². The molecule has 16 heavy (non-hydrogen) atoms. The van der Waals surface area contributed by atoms with Crippen LogP contribution >= 0.6 is 0 Å². The van der Waals surface area contributed by atoms with Gasteiger partial charge in [-0.05, 0) is 49.8 Å². The van der Waals surface area contributed by atoms with Crippen molar-refractivity contribution in [3.8, 4) is 0 Å². The monoisotopic (exact) mass is 217 g/mol. The van der Waals surface area contributed by atoms with Gasteiger partial charge in [0.1, 0.15) is 0 Å². The van der Waals surface area contributed by atoms with Crippen LogP contribution in [0.1, 0.15) is 42.9 Å². The summed E-state index contributed by atoms with van der Waals surface area (Å²) in [7, 11) is 0. The lowest BCUT2D eigenvalue weighted by Gasteiger charge is -2.09. The van der Waals surface area contributed by atoms with Crippen molar-refractivity contribution in [3.05, 3.63) is 34.9 Å². The normalized spacial score (nSPS) is 23.8. The maximum absolute atomic E-state index is 3.54. The molecule has 1 nitrogen and oxygen atoms in total. The Bertz CT molecular complexity index is 368. The molecule has 1 aliphatic rings. The van der Waals surface area contributed by atoms with Crippen LogP contribution in [-0.4, -0.2) is 12.6 Å². The Morgan fingerprint density at radius 1 is 1.31 bits per heavy atom. The fourth-order valence-corrected chi connectivity index (χ4v) is 2.48. The van der Waals surface area contributed by atoms with E-state index in [1.807, 2.05) is 0 Å². The van der Waals surface area contributed by atoms with Crippen LogP contribution in [0, 0.1) is 19.8 Å². The molecule has 0 spiro atoms. The average Bonchev–Trinajstić information content (AvgIpc) is 2.94. The molecule has 88 valence electrons. The zero-order valence-corrected chi connectivity index (χ0v) is 10.9. The molecule has 0 amide bonds. The van der Waals surface area contributed by atoms with Crippen molar-refractivity contribution < 1.29 is 0 Å². The van der Waals surface area contributed by atoms with Gasteiger partial charge in [-0.2, -0.15) is 0 Å². The summed E-state index contributed by atoms with van der Waals surface area (Å²) in [5.41, 5.74) is 4.41. The van der Waals surface area contributed by atoms with E-state index in [0.717, 1.165) is 11.8 Å². The Morgan fingerprint density at radius 3 is 2.69 bits per heavy atom. The van der Waals surface area contributed by atoms with Gasteiger partial charge in [0, 0.05) is 6.04 Å². The molecular weight excluding hydrogens is 194 g/mol. The highest BCUT2D eigenvalue weighted by Gasteiger charge is 2.38. The van der Waals surface area contributed by atoms with Crippen LogP contribution in [0.2, 0.25) is 0 Å². The quantitative estimate of drug-likeness (QED) is 0.815.